The van der Waals surface area contributed by atoms with Crippen molar-refractivity contribution in [2.45, 2.75) is 6.92 Å². The van der Waals surface area contributed by atoms with Gasteiger partial charge < -0.3 is 16.2 Å². The van der Waals surface area contributed by atoms with Gasteiger partial charge in [0.05, 0.1) is 12.2 Å². The first kappa shape index (κ1) is 13.1. The third-order valence-corrected chi connectivity index (χ3v) is 2.90. The number of nitrogens with one attached hydrogen (secondary N) is 1. The monoisotopic (exact) mass is 256 g/mol. The van der Waals surface area contributed by atoms with Crippen molar-refractivity contribution in [1.82, 2.24) is 0 Å². The molecule has 0 saturated carbocycles. The zero-order valence-corrected chi connectivity index (χ0v) is 10.7. The van der Waals surface area contributed by atoms with Crippen LogP contribution in [-0.2, 0) is 4.79 Å². The van der Waals surface area contributed by atoms with Gasteiger partial charge in [0.15, 0.2) is 0 Å². The lowest BCUT2D eigenvalue weighted by molar-refractivity contribution is -0.114. The van der Waals surface area contributed by atoms with Gasteiger partial charge >= 0.3 is 0 Å². The van der Waals surface area contributed by atoms with E-state index in [1.165, 1.54) is 0 Å². The third kappa shape index (κ3) is 2.74. The van der Waals surface area contributed by atoms with Crippen LogP contribution in [0.1, 0.15) is 5.56 Å². The predicted molar refractivity (Wildman–Crippen MR) is 76.0 cm³/mol. The number of anilines is 1. The highest BCUT2D eigenvalue weighted by Gasteiger charge is 2.14. The van der Waals surface area contributed by atoms with Gasteiger partial charge in [-0.2, -0.15) is 0 Å². The summed E-state index contributed by atoms with van der Waals surface area (Å²) in [6.45, 7) is 1.78. The summed E-state index contributed by atoms with van der Waals surface area (Å²) in [6.07, 6.45) is 0. The molecule has 0 fully saturated rings. The smallest absolute Gasteiger partial charge is 0.238 e. The number of amides is 1. The van der Waals surface area contributed by atoms with E-state index in [1.807, 2.05) is 37.3 Å². The molecule has 4 N–H and O–H groups in total. The van der Waals surface area contributed by atoms with E-state index in [2.05, 4.69) is 5.32 Å². The number of aryl methyl sites for hydroxylation is 1. The highest BCUT2D eigenvalue weighted by atomic mass is 16.3. The van der Waals surface area contributed by atoms with Gasteiger partial charge in [-0.15, -0.1) is 0 Å². The molecule has 0 aliphatic heterocycles. The zero-order valence-electron chi connectivity index (χ0n) is 10.7. The van der Waals surface area contributed by atoms with Crippen LogP contribution in [-0.4, -0.2) is 17.6 Å². The number of aromatic hydroxyl groups is 1. The minimum absolute atomic E-state index is 0.0939. The van der Waals surface area contributed by atoms with Gasteiger partial charge in [0.2, 0.25) is 5.91 Å². The van der Waals surface area contributed by atoms with Gasteiger partial charge in [-0.05, 0) is 24.1 Å². The summed E-state index contributed by atoms with van der Waals surface area (Å²) in [5.74, 6) is -0.157. The Morgan fingerprint density at radius 3 is 2.53 bits per heavy atom. The van der Waals surface area contributed by atoms with Crippen molar-refractivity contribution in [3.05, 3.63) is 48.0 Å². The van der Waals surface area contributed by atoms with Crippen molar-refractivity contribution >= 4 is 11.6 Å². The summed E-state index contributed by atoms with van der Waals surface area (Å²) in [5, 5.41) is 12.8. The van der Waals surface area contributed by atoms with Gasteiger partial charge in [-0.3, -0.25) is 4.79 Å². The number of carbonyl (C=O) groups excluding carboxylic acids is 1. The zero-order chi connectivity index (χ0) is 13.8. The van der Waals surface area contributed by atoms with Crippen LogP contribution < -0.4 is 11.1 Å². The Labute approximate surface area is 111 Å². The van der Waals surface area contributed by atoms with Gasteiger partial charge in [-0.25, -0.2) is 0 Å². The minimum Gasteiger partial charge on any atom is -0.507 e. The number of carbonyl (C=O) groups is 1. The average Bonchev–Trinajstić information content (AvgIpc) is 2.44. The SMILES string of the molecule is Cc1ccc(O)c(-c2ccccc2)c1NC(=O)CN. The Morgan fingerprint density at radius 2 is 1.89 bits per heavy atom. The van der Waals surface area contributed by atoms with Crippen LogP contribution in [0, 0.1) is 6.92 Å². The van der Waals surface area contributed by atoms with Crippen molar-refractivity contribution in [2.75, 3.05) is 11.9 Å². The second-order valence-electron chi connectivity index (χ2n) is 4.27. The lowest BCUT2D eigenvalue weighted by Gasteiger charge is -2.15. The van der Waals surface area contributed by atoms with E-state index in [4.69, 9.17) is 5.73 Å². The summed E-state index contributed by atoms with van der Waals surface area (Å²) in [7, 11) is 0. The molecule has 0 bridgehead atoms. The van der Waals surface area contributed by atoms with Crippen LogP contribution in [0.15, 0.2) is 42.5 Å². The van der Waals surface area contributed by atoms with Gasteiger partial charge in [0.1, 0.15) is 5.75 Å². The first-order valence-corrected chi connectivity index (χ1v) is 6.01. The molecule has 2 aromatic rings. The molecule has 0 radical (unpaired) electrons. The Bertz CT molecular complexity index is 595. The van der Waals surface area contributed by atoms with Crippen LogP contribution in [0.3, 0.4) is 0 Å². The number of phenolic OH excluding ortho intramolecular Hbond substituents is 1. The molecule has 1 amide bonds. The minimum atomic E-state index is -0.286. The topological polar surface area (TPSA) is 75.3 Å². The van der Waals surface area contributed by atoms with Crippen LogP contribution in [0.25, 0.3) is 11.1 Å². The lowest BCUT2D eigenvalue weighted by Crippen LogP contribution is -2.22. The summed E-state index contributed by atoms with van der Waals surface area (Å²) in [6, 6.07) is 12.8. The maximum Gasteiger partial charge on any atom is 0.238 e. The van der Waals surface area contributed by atoms with Gasteiger partial charge in [0, 0.05) is 5.56 Å². The molecule has 0 heterocycles. The van der Waals surface area contributed by atoms with Crippen molar-refractivity contribution in [3.8, 4) is 16.9 Å². The van der Waals surface area contributed by atoms with Crippen molar-refractivity contribution in [2.24, 2.45) is 5.73 Å². The maximum absolute atomic E-state index is 11.5. The number of hydrogen-bond acceptors (Lipinski definition) is 3. The number of phenols is 1. The molecule has 0 unspecified atom stereocenters. The van der Waals surface area contributed by atoms with Gasteiger partial charge in [0.25, 0.3) is 0 Å². The highest BCUT2D eigenvalue weighted by molar-refractivity contribution is 5.99. The number of nitrogens with two attached hydrogens (primary N) is 1. The fourth-order valence-electron chi connectivity index (χ4n) is 1.94. The second kappa shape index (κ2) is 5.54. The van der Waals surface area contributed by atoms with Crippen LogP contribution in [0.5, 0.6) is 5.75 Å². The summed E-state index contributed by atoms with van der Waals surface area (Å²) >= 11 is 0. The van der Waals surface area contributed by atoms with Crippen LogP contribution >= 0.6 is 0 Å². The van der Waals surface area contributed by atoms with E-state index in [9.17, 15) is 9.90 Å². The van der Waals surface area contributed by atoms with Crippen LogP contribution in [0.2, 0.25) is 0 Å². The standard InChI is InChI=1S/C15H16N2O2/c1-10-7-8-12(18)14(11-5-3-2-4-6-11)15(10)17-13(19)9-16/h2-8,18H,9,16H2,1H3,(H,17,19). The molecular formula is C15H16N2O2. The summed E-state index contributed by atoms with van der Waals surface area (Å²) in [4.78, 5) is 11.5. The molecule has 2 rings (SSSR count). The van der Waals surface area contributed by atoms with Crippen molar-refractivity contribution < 1.29 is 9.90 Å². The Morgan fingerprint density at radius 1 is 1.21 bits per heavy atom. The number of hydrogen-bond donors (Lipinski definition) is 3. The summed E-state index contributed by atoms with van der Waals surface area (Å²) < 4.78 is 0. The molecule has 98 valence electrons. The van der Waals surface area contributed by atoms with Gasteiger partial charge in [-0.1, -0.05) is 36.4 Å². The molecule has 0 aliphatic carbocycles. The highest BCUT2D eigenvalue weighted by Crippen LogP contribution is 2.38. The largest absolute Gasteiger partial charge is 0.507 e. The van der Waals surface area contributed by atoms with Crippen molar-refractivity contribution in [1.29, 1.82) is 0 Å². The molecule has 19 heavy (non-hydrogen) atoms. The maximum atomic E-state index is 11.5. The normalized spacial score (nSPS) is 10.2. The quantitative estimate of drug-likeness (QED) is 0.788. The summed E-state index contributed by atoms with van der Waals surface area (Å²) in [5.41, 5.74) is 8.25. The molecule has 4 nitrogen and oxygen atoms in total. The molecule has 0 aliphatic rings. The average molecular weight is 256 g/mol. The Balaban J connectivity index is 2.58. The second-order valence-corrected chi connectivity index (χ2v) is 4.27. The molecular weight excluding hydrogens is 240 g/mol. The first-order valence-electron chi connectivity index (χ1n) is 6.01. The van der Waals surface area contributed by atoms with Crippen molar-refractivity contribution in [3.63, 3.8) is 0 Å². The third-order valence-electron chi connectivity index (χ3n) is 2.90. The molecule has 0 atom stereocenters. The van der Waals surface area contributed by atoms with E-state index in [-0.39, 0.29) is 18.2 Å². The predicted octanol–water partition coefficient (Wildman–Crippen LogP) is 2.26. The molecule has 2 aromatic carbocycles. The molecule has 0 spiro atoms. The van der Waals surface area contributed by atoms with E-state index < -0.39 is 0 Å². The van der Waals surface area contributed by atoms with E-state index in [0.717, 1.165) is 11.1 Å². The number of rotatable bonds is 3. The van der Waals surface area contributed by atoms with E-state index >= 15 is 0 Å². The molecule has 4 heteroatoms. The number of benzene rings is 2. The fraction of sp³-hybridized carbons (Fsp3) is 0.133. The van der Waals surface area contributed by atoms with E-state index in [0.29, 0.717) is 11.3 Å². The molecule has 0 aromatic heterocycles. The Kier molecular flexibility index (Phi) is 3.82. The molecule has 0 saturated heterocycles. The first-order chi connectivity index (χ1) is 9.13. The van der Waals surface area contributed by atoms with Crippen LogP contribution in [0.4, 0.5) is 5.69 Å². The Hall–Kier alpha value is -2.33. The lowest BCUT2D eigenvalue weighted by atomic mass is 9.99. The fourth-order valence-corrected chi connectivity index (χ4v) is 1.94. The van der Waals surface area contributed by atoms with E-state index in [1.54, 1.807) is 12.1 Å².